The van der Waals surface area contributed by atoms with Crippen LogP contribution in [0.4, 0.5) is 0 Å². The molecule has 108 valence electrons. The van der Waals surface area contributed by atoms with E-state index in [4.69, 9.17) is 0 Å². The summed E-state index contributed by atoms with van der Waals surface area (Å²) in [4.78, 5) is 2.73. The Morgan fingerprint density at radius 2 is 1.94 bits per heavy atom. The van der Waals surface area contributed by atoms with E-state index in [2.05, 4.69) is 31.0 Å². The summed E-state index contributed by atoms with van der Waals surface area (Å²) >= 11 is 0. The smallest absolute Gasteiger partial charge is 0.00219 e. The lowest BCUT2D eigenvalue weighted by Crippen LogP contribution is -2.45. The molecule has 0 saturated carbocycles. The molecule has 0 amide bonds. The molecule has 2 nitrogen and oxygen atoms in total. The number of nitrogens with one attached hydrogen (secondary N) is 1. The zero-order valence-electron chi connectivity index (χ0n) is 12.4. The molecule has 2 saturated heterocycles. The molecule has 3 heteroatoms. The molecule has 18 heavy (non-hydrogen) atoms. The maximum atomic E-state index is 3.54. The molecule has 0 radical (unpaired) electrons. The highest BCUT2D eigenvalue weighted by Crippen LogP contribution is 2.33. The highest BCUT2D eigenvalue weighted by atomic mass is 35.5. The van der Waals surface area contributed by atoms with Crippen molar-refractivity contribution in [3.05, 3.63) is 0 Å². The van der Waals surface area contributed by atoms with Crippen molar-refractivity contribution in [3.63, 3.8) is 0 Å². The summed E-state index contributed by atoms with van der Waals surface area (Å²) in [6.45, 7) is 13.7. The molecular formula is C15H31ClN2. The second kappa shape index (κ2) is 7.12. The molecule has 2 atom stereocenters. The summed E-state index contributed by atoms with van der Waals surface area (Å²) < 4.78 is 0. The molecule has 2 aliphatic heterocycles. The monoisotopic (exact) mass is 274 g/mol. The van der Waals surface area contributed by atoms with Gasteiger partial charge in [-0.25, -0.2) is 0 Å². The molecule has 0 aromatic heterocycles. The first-order chi connectivity index (χ1) is 8.05. The third-order valence-electron chi connectivity index (χ3n) is 4.65. The van der Waals surface area contributed by atoms with Crippen LogP contribution in [0.5, 0.6) is 0 Å². The SMILES string of the molecule is CC(C)(C)C1CCCN(CC2CCCNC2)C1.Cl. The minimum Gasteiger partial charge on any atom is -0.316 e. The van der Waals surface area contributed by atoms with E-state index in [0.717, 1.165) is 11.8 Å². The number of halogens is 1. The Kier molecular flexibility index (Phi) is 6.43. The second-order valence-electron chi connectivity index (χ2n) is 7.18. The molecule has 0 aromatic rings. The van der Waals surface area contributed by atoms with Crippen LogP contribution in [-0.2, 0) is 0 Å². The summed E-state index contributed by atoms with van der Waals surface area (Å²) in [6.07, 6.45) is 5.65. The van der Waals surface area contributed by atoms with Gasteiger partial charge in [-0.3, -0.25) is 0 Å². The van der Waals surface area contributed by atoms with Gasteiger partial charge in [-0.15, -0.1) is 12.4 Å². The van der Waals surface area contributed by atoms with Gasteiger partial charge in [0.1, 0.15) is 0 Å². The van der Waals surface area contributed by atoms with E-state index >= 15 is 0 Å². The van der Waals surface area contributed by atoms with Crippen LogP contribution in [-0.4, -0.2) is 37.6 Å². The van der Waals surface area contributed by atoms with Crippen LogP contribution in [0.15, 0.2) is 0 Å². The van der Waals surface area contributed by atoms with Crippen LogP contribution in [0.2, 0.25) is 0 Å². The molecule has 2 rings (SSSR count). The first-order valence-electron chi connectivity index (χ1n) is 7.49. The number of rotatable bonds is 2. The third-order valence-corrected chi connectivity index (χ3v) is 4.65. The number of hydrogen-bond donors (Lipinski definition) is 1. The van der Waals surface area contributed by atoms with Gasteiger partial charge in [-0.2, -0.15) is 0 Å². The predicted octanol–water partition coefficient (Wildman–Crippen LogP) is 3.17. The van der Waals surface area contributed by atoms with Gasteiger partial charge in [0, 0.05) is 13.1 Å². The van der Waals surface area contributed by atoms with E-state index in [0.29, 0.717) is 5.41 Å². The lowest BCUT2D eigenvalue weighted by atomic mass is 9.76. The molecule has 2 aliphatic rings. The van der Waals surface area contributed by atoms with Crippen molar-refractivity contribution in [2.45, 2.75) is 46.5 Å². The van der Waals surface area contributed by atoms with Crippen molar-refractivity contribution >= 4 is 12.4 Å². The maximum Gasteiger partial charge on any atom is 0.00219 e. The van der Waals surface area contributed by atoms with Gasteiger partial charge in [0.05, 0.1) is 0 Å². The van der Waals surface area contributed by atoms with Crippen molar-refractivity contribution in [1.82, 2.24) is 10.2 Å². The zero-order chi connectivity index (χ0) is 12.3. The van der Waals surface area contributed by atoms with Crippen molar-refractivity contribution in [3.8, 4) is 0 Å². The average molecular weight is 275 g/mol. The summed E-state index contributed by atoms with van der Waals surface area (Å²) in [5, 5.41) is 3.54. The Bertz CT molecular complexity index is 231. The molecule has 2 unspecified atom stereocenters. The maximum absolute atomic E-state index is 3.54. The Morgan fingerprint density at radius 1 is 1.17 bits per heavy atom. The van der Waals surface area contributed by atoms with E-state index in [-0.39, 0.29) is 12.4 Å². The summed E-state index contributed by atoms with van der Waals surface area (Å²) in [6, 6.07) is 0. The number of nitrogens with zero attached hydrogens (tertiary/aromatic N) is 1. The minimum atomic E-state index is 0. The topological polar surface area (TPSA) is 15.3 Å². The molecule has 0 spiro atoms. The van der Waals surface area contributed by atoms with Crippen LogP contribution in [0.25, 0.3) is 0 Å². The lowest BCUT2D eigenvalue weighted by Gasteiger charge is -2.41. The van der Waals surface area contributed by atoms with E-state index in [1.165, 1.54) is 58.4 Å². The quantitative estimate of drug-likeness (QED) is 0.832. The largest absolute Gasteiger partial charge is 0.316 e. The van der Waals surface area contributed by atoms with Gasteiger partial charge in [0.25, 0.3) is 0 Å². The van der Waals surface area contributed by atoms with Crippen molar-refractivity contribution < 1.29 is 0 Å². The molecule has 2 fully saturated rings. The fourth-order valence-corrected chi connectivity index (χ4v) is 3.37. The third kappa shape index (κ3) is 4.71. The van der Waals surface area contributed by atoms with Crippen LogP contribution in [0.3, 0.4) is 0 Å². The van der Waals surface area contributed by atoms with E-state index in [1.54, 1.807) is 0 Å². The fraction of sp³-hybridized carbons (Fsp3) is 1.00. The van der Waals surface area contributed by atoms with Crippen molar-refractivity contribution in [2.75, 3.05) is 32.7 Å². The normalized spacial score (nSPS) is 30.8. The Labute approximate surface area is 119 Å². The Hall–Kier alpha value is 0.210. The fourth-order valence-electron chi connectivity index (χ4n) is 3.37. The van der Waals surface area contributed by atoms with Crippen LogP contribution >= 0.6 is 12.4 Å². The van der Waals surface area contributed by atoms with Crippen molar-refractivity contribution in [2.24, 2.45) is 17.3 Å². The Balaban J connectivity index is 0.00000162. The van der Waals surface area contributed by atoms with Gasteiger partial charge < -0.3 is 10.2 Å². The van der Waals surface area contributed by atoms with Gasteiger partial charge in [0.15, 0.2) is 0 Å². The number of hydrogen-bond acceptors (Lipinski definition) is 2. The van der Waals surface area contributed by atoms with Crippen molar-refractivity contribution in [1.29, 1.82) is 0 Å². The lowest BCUT2D eigenvalue weighted by molar-refractivity contribution is 0.0835. The second-order valence-corrected chi connectivity index (χ2v) is 7.18. The van der Waals surface area contributed by atoms with Crippen LogP contribution in [0, 0.1) is 17.3 Å². The average Bonchev–Trinajstić information content (AvgIpc) is 2.29. The van der Waals surface area contributed by atoms with Gasteiger partial charge in [0.2, 0.25) is 0 Å². The van der Waals surface area contributed by atoms with E-state index < -0.39 is 0 Å². The van der Waals surface area contributed by atoms with Crippen LogP contribution < -0.4 is 5.32 Å². The molecule has 1 N–H and O–H groups in total. The molecule has 2 heterocycles. The molecular weight excluding hydrogens is 244 g/mol. The van der Waals surface area contributed by atoms with Gasteiger partial charge >= 0.3 is 0 Å². The molecule has 0 bridgehead atoms. The van der Waals surface area contributed by atoms with Gasteiger partial charge in [-0.1, -0.05) is 20.8 Å². The highest BCUT2D eigenvalue weighted by Gasteiger charge is 2.30. The standard InChI is InChI=1S/C15H30N2.ClH/c1-15(2,3)14-7-5-9-17(12-14)11-13-6-4-8-16-10-13;/h13-14,16H,4-12H2,1-3H3;1H. The first kappa shape index (κ1) is 16.3. The van der Waals surface area contributed by atoms with E-state index in [1.807, 2.05) is 0 Å². The number of piperidine rings is 2. The summed E-state index contributed by atoms with van der Waals surface area (Å²) in [5.74, 6) is 1.80. The first-order valence-corrected chi connectivity index (χ1v) is 7.49. The van der Waals surface area contributed by atoms with E-state index in [9.17, 15) is 0 Å². The zero-order valence-corrected chi connectivity index (χ0v) is 13.2. The molecule has 0 aliphatic carbocycles. The summed E-state index contributed by atoms with van der Waals surface area (Å²) in [5.41, 5.74) is 0.490. The Morgan fingerprint density at radius 3 is 2.56 bits per heavy atom. The summed E-state index contributed by atoms with van der Waals surface area (Å²) in [7, 11) is 0. The minimum absolute atomic E-state index is 0. The highest BCUT2D eigenvalue weighted by molar-refractivity contribution is 5.85. The molecule has 0 aromatic carbocycles. The number of likely N-dealkylation sites (tertiary alicyclic amines) is 1. The predicted molar refractivity (Wildman–Crippen MR) is 81.5 cm³/mol. The van der Waals surface area contributed by atoms with Gasteiger partial charge in [-0.05, 0) is 62.6 Å². The van der Waals surface area contributed by atoms with Crippen LogP contribution in [0.1, 0.15) is 46.5 Å².